The van der Waals surface area contributed by atoms with Crippen molar-refractivity contribution < 1.29 is 33.5 Å². The highest BCUT2D eigenvalue weighted by Gasteiger charge is 2.40. The molecule has 13 nitrogen and oxygen atoms in total. The molecule has 1 aliphatic heterocycles. The number of aromatic nitrogens is 1. The van der Waals surface area contributed by atoms with Crippen molar-refractivity contribution in [3.63, 3.8) is 0 Å². The normalized spacial score (nSPS) is 18.3. The number of thiazole rings is 1. The number of hydrogen-bond acceptors (Lipinski definition) is 11. The van der Waals surface area contributed by atoms with Crippen LogP contribution in [-0.2, 0) is 28.7 Å². The summed E-state index contributed by atoms with van der Waals surface area (Å²) in [6, 6.07) is -1.29. The number of oxime groups is 1. The molecule has 2 atom stereocenters. The van der Waals surface area contributed by atoms with Gasteiger partial charge in [-0.2, -0.15) is 0 Å². The number of hydrogen-bond donors (Lipinski definition) is 4. The molecule has 1 fully saturated rings. The van der Waals surface area contributed by atoms with Gasteiger partial charge in [-0.25, -0.2) is 14.6 Å². The van der Waals surface area contributed by atoms with Crippen LogP contribution in [0.5, 0.6) is 0 Å². The van der Waals surface area contributed by atoms with Gasteiger partial charge >= 0.3 is 12.1 Å². The van der Waals surface area contributed by atoms with Gasteiger partial charge in [-0.1, -0.05) is 5.16 Å². The van der Waals surface area contributed by atoms with Crippen LogP contribution in [0.25, 0.3) is 0 Å². The molecule has 0 saturated carbocycles. The van der Waals surface area contributed by atoms with E-state index in [-0.39, 0.29) is 23.1 Å². The van der Waals surface area contributed by atoms with Crippen LogP contribution in [0, 0.1) is 0 Å². The number of carbonyl (C=O) groups excluding carboxylic acids is 4. The first kappa shape index (κ1) is 27.0. The molecule has 1 aromatic heterocycles. The van der Waals surface area contributed by atoms with Gasteiger partial charge in [-0.05, 0) is 41.5 Å². The summed E-state index contributed by atoms with van der Waals surface area (Å²) in [5.74, 6) is -1.87. The molecule has 0 bridgehead atoms. The monoisotopic (exact) mass is 498 g/mol. The van der Waals surface area contributed by atoms with E-state index in [4.69, 9.17) is 20.0 Å². The third-order valence-electron chi connectivity index (χ3n) is 3.88. The Labute approximate surface area is 200 Å². The molecule has 14 heteroatoms. The molecule has 2 heterocycles. The van der Waals surface area contributed by atoms with Crippen LogP contribution in [0.3, 0.4) is 0 Å². The summed E-state index contributed by atoms with van der Waals surface area (Å²) >= 11 is 1.01. The summed E-state index contributed by atoms with van der Waals surface area (Å²) in [5.41, 5.74) is 3.86. The predicted octanol–water partition coefficient (Wildman–Crippen LogP) is 0.494. The number of rotatable bonds is 8. The summed E-state index contributed by atoms with van der Waals surface area (Å²) in [5, 5.41) is 12.9. The maximum Gasteiger partial charge on any atom is 0.413 e. The van der Waals surface area contributed by atoms with E-state index >= 15 is 0 Å². The zero-order valence-electron chi connectivity index (χ0n) is 19.9. The quantitative estimate of drug-likeness (QED) is 0.171. The fourth-order valence-corrected chi connectivity index (χ4v) is 3.25. The molecule has 0 aliphatic carbocycles. The Morgan fingerprint density at radius 3 is 2.38 bits per heavy atom. The lowest BCUT2D eigenvalue weighted by Crippen LogP contribution is -2.71. The summed E-state index contributed by atoms with van der Waals surface area (Å²) < 4.78 is 10.3. The van der Waals surface area contributed by atoms with Crippen LogP contribution in [0.15, 0.2) is 10.5 Å². The van der Waals surface area contributed by atoms with Gasteiger partial charge in [0.2, 0.25) is 12.5 Å². The van der Waals surface area contributed by atoms with Crippen molar-refractivity contribution in [2.45, 2.75) is 64.8 Å². The number of amides is 3. The third kappa shape index (κ3) is 8.26. The number of anilines is 1. The van der Waals surface area contributed by atoms with Crippen molar-refractivity contribution in [2.24, 2.45) is 10.9 Å². The molecule has 0 aromatic carbocycles. The highest BCUT2D eigenvalue weighted by Crippen LogP contribution is 2.18. The fourth-order valence-electron chi connectivity index (χ4n) is 2.57. The van der Waals surface area contributed by atoms with E-state index in [0.717, 1.165) is 11.3 Å². The van der Waals surface area contributed by atoms with Gasteiger partial charge in [-0.3, -0.25) is 14.9 Å². The molecule has 0 radical (unpaired) electrons. The van der Waals surface area contributed by atoms with E-state index in [1.165, 1.54) is 5.38 Å². The standard InChI is InChI=1S/C20H30N6O7S/c1-19(2,3)32-12(27)8-31-26-14(16(29)24-13-10(7-21)22-15(13)28)11-9-34-17(23-11)25-18(30)33-20(4,5)6/h9-10,13H,7-8,21H2,1-6H3,(H,22,28)(H,24,29)(H,23,25,30)/b26-14-/t10-,13+/m1/s1. The average Bonchev–Trinajstić information content (AvgIpc) is 3.12. The van der Waals surface area contributed by atoms with Gasteiger partial charge in [0.15, 0.2) is 10.8 Å². The highest BCUT2D eigenvalue weighted by molar-refractivity contribution is 7.14. The first-order chi connectivity index (χ1) is 15.7. The number of ether oxygens (including phenoxy) is 2. The molecule has 1 aliphatic rings. The first-order valence-corrected chi connectivity index (χ1v) is 11.3. The first-order valence-electron chi connectivity index (χ1n) is 10.4. The van der Waals surface area contributed by atoms with E-state index in [0.29, 0.717) is 0 Å². The Morgan fingerprint density at radius 2 is 1.82 bits per heavy atom. The number of nitrogens with zero attached hydrogens (tertiary/aromatic N) is 2. The Kier molecular flexibility index (Phi) is 8.56. The zero-order valence-corrected chi connectivity index (χ0v) is 20.7. The molecule has 188 valence electrons. The largest absolute Gasteiger partial charge is 0.457 e. The van der Waals surface area contributed by atoms with E-state index in [9.17, 15) is 19.2 Å². The molecule has 3 amide bonds. The predicted molar refractivity (Wildman–Crippen MR) is 123 cm³/mol. The van der Waals surface area contributed by atoms with Crippen LogP contribution >= 0.6 is 11.3 Å². The van der Waals surface area contributed by atoms with Crippen molar-refractivity contribution in [1.82, 2.24) is 15.6 Å². The van der Waals surface area contributed by atoms with Crippen LogP contribution in [0.2, 0.25) is 0 Å². The van der Waals surface area contributed by atoms with Crippen molar-refractivity contribution in [3.05, 3.63) is 11.1 Å². The van der Waals surface area contributed by atoms with E-state index in [2.05, 4.69) is 26.1 Å². The van der Waals surface area contributed by atoms with Gasteiger partial charge in [-0.15, -0.1) is 11.3 Å². The van der Waals surface area contributed by atoms with Gasteiger partial charge in [0.25, 0.3) is 5.91 Å². The summed E-state index contributed by atoms with van der Waals surface area (Å²) in [4.78, 5) is 57.7. The topological polar surface area (TPSA) is 183 Å². The molecular formula is C20H30N6O7S. The van der Waals surface area contributed by atoms with Crippen molar-refractivity contribution in [3.8, 4) is 0 Å². The minimum Gasteiger partial charge on any atom is -0.457 e. The molecule has 34 heavy (non-hydrogen) atoms. The number of β-lactam (4-membered cyclic amide) rings is 1. The second-order valence-corrected chi connectivity index (χ2v) is 10.1. The van der Waals surface area contributed by atoms with Crippen LogP contribution in [-0.4, -0.2) is 71.0 Å². The minimum absolute atomic E-state index is 0.0433. The fraction of sp³-hybridized carbons (Fsp3) is 0.600. The number of nitrogens with one attached hydrogen (secondary N) is 3. The molecular weight excluding hydrogens is 468 g/mol. The highest BCUT2D eigenvalue weighted by atomic mass is 32.1. The van der Waals surface area contributed by atoms with E-state index in [1.807, 2.05) is 0 Å². The Balaban J connectivity index is 2.17. The van der Waals surface area contributed by atoms with Crippen LogP contribution in [0.4, 0.5) is 9.93 Å². The van der Waals surface area contributed by atoms with Crippen LogP contribution in [0.1, 0.15) is 47.2 Å². The average molecular weight is 499 g/mol. The van der Waals surface area contributed by atoms with E-state index in [1.54, 1.807) is 41.5 Å². The molecule has 2 rings (SSSR count). The smallest absolute Gasteiger partial charge is 0.413 e. The van der Waals surface area contributed by atoms with Crippen molar-refractivity contribution in [1.29, 1.82) is 0 Å². The van der Waals surface area contributed by atoms with Crippen molar-refractivity contribution >= 4 is 46.1 Å². The second-order valence-electron chi connectivity index (χ2n) is 9.27. The molecule has 5 N–H and O–H groups in total. The van der Waals surface area contributed by atoms with Crippen molar-refractivity contribution in [2.75, 3.05) is 18.5 Å². The Hall–Kier alpha value is -3.26. The lowest BCUT2D eigenvalue weighted by Gasteiger charge is -2.36. The van der Waals surface area contributed by atoms with Gasteiger partial charge < -0.3 is 30.7 Å². The number of esters is 1. The summed E-state index contributed by atoms with van der Waals surface area (Å²) in [6.45, 7) is 9.78. The summed E-state index contributed by atoms with van der Waals surface area (Å²) in [6.07, 6.45) is -0.727. The second kappa shape index (κ2) is 10.8. The minimum atomic E-state index is -0.855. The molecule has 0 unspecified atom stereocenters. The van der Waals surface area contributed by atoms with Crippen LogP contribution < -0.4 is 21.7 Å². The summed E-state index contributed by atoms with van der Waals surface area (Å²) in [7, 11) is 0. The van der Waals surface area contributed by atoms with Gasteiger partial charge in [0.1, 0.15) is 22.9 Å². The van der Waals surface area contributed by atoms with Gasteiger partial charge in [0.05, 0.1) is 6.04 Å². The Bertz CT molecular complexity index is 963. The number of carbonyl (C=O) groups is 4. The lowest BCUT2D eigenvalue weighted by atomic mass is 9.99. The SMILES string of the molecule is CC(C)(C)OC(=O)CO/N=C(\C(=O)N[C@@H]1C(=O)N[C@@H]1CN)c1csc(NC(=O)OC(C)(C)C)n1. The lowest BCUT2D eigenvalue weighted by molar-refractivity contribution is -0.160. The zero-order chi connectivity index (χ0) is 25.7. The molecule has 1 saturated heterocycles. The maximum absolute atomic E-state index is 12.9. The number of nitrogens with two attached hydrogens (primary N) is 1. The Morgan fingerprint density at radius 1 is 1.18 bits per heavy atom. The molecule has 1 aromatic rings. The van der Waals surface area contributed by atoms with E-state index < -0.39 is 53.8 Å². The molecule has 0 spiro atoms. The third-order valence-corrected chi connectivity index (χ3v) is 4.64. The van der Waals surface area contributed by atoms with Gasteiger partial charge in [0, 0.05) is 11.9 Å². The maximum atomic E-state index is 12.9.